The van der Waals surface area contributed by atoms with E-state index >= 15 is 0 Å². The van der Waals surface area contributed by atoms with Crippen LogP contribution in [0.1, 0.15) is 57.9 Å². The highest BCUT2D eigenvalue weighted by molar-refractivity contribution is 6.30. The standard InChI is InChI=1S/C20H29ClN2O2/c1-20(2,3)25-19(24)22-12-18(13-7-8-13)23-17-10-15(11-17)14-5-4-6-16(21)9-14/h4-6,9,13,15,17-18,23H,7-8,10-12H2,1-3H3,(H,22,24). The maximum Gasteiger partial charge on any atom is 0.407 e. The van der Waals surface area contributed by atoms with Gasteiger partial charge in [0.05, 0.1) is 0 Å². The molecule has 0 saturated heterocycles. The molecule has 0 aliphatic heterocycles. The molecule has 0 aromatic heterocycles. The van der Waals surface area contributed by atoms with E-state index < -0.39 is 5.60 Å². The van der Waals surface area contributed by atoms with E-state index in [9.17, 15) is 4.79 Å². The monoisotopic (exact) mass is 364 g/mol. The Balaban J connectivity index is 1.44. The van der Waals surface area contributed by atoms with Crippen LogP contribution in [0.25, 0.3) is 0 Å². The van der Waals surface area contributed by atoms with E-state index in [-0.39, 0.29) is 6.09 Å². The second-order valence-electron chi connectivity index (χ2n) is 8.41. The number of halogens is 1. The summed E-state index contributed by atoms with van der Waals surface area (Å²) in [7, 11) is 0. The van der Waals surface area contributed by atoms with Crippen LogP contribution in [0.3, 0.4) is 0 Å². The van der Waals surface area contributed by atoms with Crippen LogP contribution in [0, 0.1) is 5.92 Å². The lowest BCUT2D eigenvalue weighted by atomic mass is 9.75. The van der Waals surface area contributed by atoms with Crippen molar-refractivity contribution in [2.24, 2.45) is 5.92 Å². The predicted molar refractivity (Wildman–Crippen MR) is 101 cm³/mol. The summed E-state index contributed by atoms with van der Waals surface area (Å²) in [5.41, 5.74) is 0.880. The first-order chi connectivity index (χ1) is 11.8. The van der Waals surface area contributed by atoms with Crippen LogP contribution in [-0.4, -0.2) is 30.3 Å². The predicted octanol–water partition coefficient (Wildman–Crippen LogP) is 4.48. The van der Waals surface area contributed by atoms with Crippen LogP contribution in [0.5, 0.6) is 0 Å². The van der Waals surface area contributed by atoms with Crippen molar-refractivity contribution in [3.8, 4) is 0 Å². The number of rotatable bonds is 6. The summed E-state index contributed by atoms with van der Waals surface area (Å²) in [5.74, 6) is 1.27. The fourth-order valence-corrected chi connectivity index (χ4v) is 3.66. The molecule has 1 unspecified atom stereocenters. The molecule has 4 nitrogen and oxygen atoms in total. The molecule has 2 aliphatic rings. The molecule has 0 radical (unpaired) electrons. The van der Waals surface area contributed by atoms with E-state index in [4.69, 9.17) is 16.3 Å². The molecule has 138 valence electrons. The largest absolute Gasteiger partial charge is 0.444 e. The van der Waals surface area contributed by atoms with Crippen molar-refractivity contribution in [3.63, 3.8) is 0 Å². The molecule has 25 heavy (non-hydrogen) atoms. The number of ether oxygens (including phenoxy) is 1. The number of hydrogen-bond acceptors (Lipinski definition) is 3. The van der Waals surface area contributed by atoms with E-state index in [0.29, 0.717) is 30.5 Å². The molecule has 0 spiro atoms. The molecule has 0 heterocycles. The van der Waals surface area contributed by atoms with Gasteiger partial charge in [-0.2, -0.15) is 0 Å². The third kappa shape index (κ3) is 5.61. The highest BCUT2D eigenvalue weighted by Gasteiger charge is 2.37. The first kappa shape index (κ1) is 18.5. The van der Waals surface area contributed by atoms with E-state index in [1.54, 1.807) is 0 Å². The number of carbonyl (C=O) groups excluding carboxylic acids is 1. The minimum atomic E-state index is -0.454. The Bertz CT molecular complexity index is 604. The lowest BCUT2D eigenvalue weighted by Gasteiger charge is -2.39. The minimum absolute atomic E-state index is 0.328. The Morgan fingerprint density at radius 3 is 2.64 bits per heavy atom. The van der Waals surface area contributed by atoms with Crippen molar-refractivity contribution in [2.75, 3.05) is 6.54 Å². The van der Waals surface area contributed by atoms with E-state index in [1.807, 2.05) is 32.9 Å². The maximum atomic E-state index is 11.9. The number of nitrogens with one attached hydrogen (secondary N) is 2. The van der Waals surface area contributed by atoms with Crippen LogP contribution in [-0.2, 0) is 4.74 Å². The summed E-state index contributed by atoms with van der Waals surface area (Å²) in [6, 6.07) is 9.05. The summed E-state index contributed by atoms with van der Waals surface area (Å²) >= 11 is 6.09. The molecular formula is C20H29ClN2O2. The van der Waals surface area contributed by atoms with E-state index in [2.05, 4.69) is 22.8 Å². The van der Waals surface area contributed by atoms with E-state index in [0.717, 1.165) is 17.9 Å². The molecule has 5 heteroatoms. The molecule has 2 fully saturated rings. The van der Waals surface area contributed by atoms with Crippen molar-refractivity contribution in [1.29, 1.82) is 0 Å². The van der Waals surface area contributed by atoms with Crippen molar-refractivity contribution in [3.05, 3.63) is 34.9 Å². The highest BCUT2D eigenvalue weighted by atomic mass is 35.5. The Labute approximate surface area is 155 Å². The molecule has 2 N–H and O–H groups in total. The lowest BCUT2D eigenvalue weighted by molar-refractivity contribution is 0.0518. The fourth-order valence-electron chi connectivity index (χ4n) is 3.46. The average molecular weight is 365 g/mol. The fraction of sp³-hybridized carbons (Fsp3) is 0.650. The van der Waals surface area contributed by atoms with Crippen LogP contribution in [0.15, 0.2) is 24.3 Å². The van der Waals surface area contributed by atoms with Crippen molar-refractivity contribution < 1.29 is 9.53 Å². The van der Waals surface area contributed by atoms with Crippen molar-refractivity contribution in [2.45, 2.75) is 70.1 Å². The summed E-state index contributed by atoms with van der Waals surface area (Å²) in [5, 5.41) is 7.48. The molecule has 2 saturated carbocycles. The smallest absolute Gasteiger partial charge is 0.407 e. The van der Waals surface area contributed by atoms with Gasteiger partial charge in [-0.25, -0.2) is 4.79 Å². The Morgan fingerprint density at radius 1 is 1.32 bits per heavy atom. The second kappa shape index (κ2) is 7.55. The van der Waals surface area contributed by atoms with Gasteiger partial charge in [-0.05, 0) is 76.0 Å². The molecule has 2 aliphatic carbocycles. The summed E-state index contributed by atoms with van der Waals surface area (Å²) < 4.78 is 5.33. The molecule has 3 rings (SSSR count). The zero-order valence-corrected chi connectivity index (χ0v) is 16.1. The zero-order valence-electron chi connectivity index (χ0n) is 15.3. The number of amides is 1. The minimum Gasteiger partial charge on any atom is -0.444 e. The van der Waals surface area contributed by atoms with Crippen LogP contribution in [0.4, 0.5) is 4.79 Å². The van der Waals surface area contributed by atoms with Gasteiger partial charge >= 0.3 is 6.09 Å². The quantitative estimate of drug-likeness (QED) is 0.782. The van der Waals surface area contributed by atoms with Gasteiger partial charge in [0.25, 0.3) is 0 Å². The summed E-state index contributed by atoms with van der Waals surface area (Å²) in [6.07, 6.45) is 4.44. The lowest BCUT2D eigenvalue weighted by Crippen LogP contribution is -2.51. The second-order valence-corrected chi connectivity index (χ2v) is 8.85. The SMILES string of the molecule is CC(C)(C)OC(=O)NCC(NC1CC(c2cccc(Cl)c2)C1)C1CC1. The maximum absolute atomic E-state index is 11.9. The average Bonchev–Trinajstić information content (AvgIpc) is 3.28. The molecule has 1 atom stereocenters. The number of benzene rings is 1. The third-order valence-electron chi connectivity index (χ3n) is 4.96. The van der Waals surface area contributed by atoms with Crippen molar-refractivity contribution >= 4 is 17.7 Å². The first-order valence-electron chi connectivity index (χ1n) is 9.28. The van der Waals surface area contributed by atoms with Gasteiger partial charge in [-0.15, -0.1) is 0 Å². The van der Waals surface area contributed by atoms with Gasteiger partial charge in [0.15, 0.2) is 0 Å². The number of alkyl carbamates (subject to hydrolysis) is 1. The van der Waals surface area contributed by atoms with Crippen LogP contribution < -0.4 is 10.6 Å². The van der Waals surface area contributed by atoms with Gasteiger partial charge in [-0.1, -0.05) is 23.7 Å². The van der Waals surface area contributed by atoms with Gasteiger partial charge in [0.2, 0.25) is 0 Å². The van der Waals surface area contributed by atoms with Gasteiger partial charge in [-0.3, -0.25) is 0 Å². The van der Waals surface area contributed by atoms with E-state index in [1.165, 1.54) is 18.4 Å². The molecule has 0 bridgehead atoms. The van der Waals surface area contributed by atoms with Gasteiger partial charge < -0.3 is 15.4 Å². The third-order valence-corrected chi connectivity index (χ3v) is 5.20. The number of hydrogen-bond donors (Lipinski definition) is 2. The van der Waals surface area contributed by atoms with Gasteiger partial charge in [0.1, 0.15) is 5.60 Å². The summed E-state index contributed by atoms with van der Waals surface area (Å²) in [6.45, 7) is 6.28. The molecular weight excluding hydrogens is 336 g/mol. The molecule has 1 aromatic carbocycles. The zero-order chi connectivity index (χ0) is 18.0. The Hall–Kier alpha value is -1.26. The molecule has 1 amide bonds. The molecule has 1 aromatic rings. The van der Waals surface area contributed by atoms with Gasteiger partial charge in [0, 0.05) is 23.7 Å². The normalized spacial score (nSPS) is 24.3. The Kier molecular flexibility index (Phi) is 5.59. The van der Waals surface area contributed by atoms with Crippen LogP contribution in [0.2, 0.25) is 5.02 Å². The topological polar surface area (TPSA) is 50.4 Å². The Morgan fingerprint density at radius 2 is 2.04 bits per heavy atom. The highest BCUT2D eigenvalue weighted by Crippen LogP contribution is 2.39. The first-order valence-corrected chi connectivity index (χ1v) is 9.66. The summed E-state index contributed by atoms with van der Waals surface area (Å²) in [4.78, 5) is 11.9. The van der Waals surface area contributed by atoms with Crippen LogP contribution >= 0.6 is 11.6 Å². The number of carbonyl (C=O) groups is 1. The van der Waals surface area contributed by atoms with Crippen molar-refractivity contribution in [1.82, 2.24) is 10.6 Å².